The SMILES string of the molecule is FC(F)(F)c1cccc(CNc2cc(Nc3nccc4ccccc34)ncn2)c1. The summed E-state index contributed by atoms with van der Waals surface area (Å²) in [6, 6.07) is 16.6. The molecular weight excluding hydrogens is 379 g/mol. The van der Waals surface area contributed by atoms with E-state index in [-0.39, 0.29) is 6.54 Å². The molecule has 0 aliphatic carbocycles. The lowest BCUT2D eigenvalue weighted by Crippen LogP contribution is -2.07. The van der Waals surface area contributed by atoms with Crippen LogP contribution in [-0.2, 0) is 12.7 Å². The van der Waals surface area contributed by atoms with E-state index in [1.54, 1.807) is 18.3 Å². The number of anilines is 3. The van der Waals surface area contributed by atoms with Crippen molar-refractivity contribution in [3.63, 3.8) is 0 Å². The maximum absolute atomic E-state index is 12.8. The highest BCUT2D eigenvalue weighted by Crippen LogP contribution is 2.29. The Labute approximate surface area is 164 Å². The van der Waals surface area contributed by atoms with Gasteiger partial charge in [0, 0.05) is 24.2 Å². The maximum atomic E-state index is 12.8. The summed E-state index contributed by atoms with van der Waals surface area (Å²) in [5.41, 5.74) is -0.174. The van der Waals surface area contributed by atoms with Crippen LogP contribution in [0.15, 0.2) is 73.2 Å². The quantitative estimate of drug-likeness (QED) is 0.474. The summed E-state index contributed by atoms with van der Waals surface area (Å²) >= 11 is 0. The van der Waals surface area contributed by atoms with E-state index in [2.05, 4.69) is 25.6 Å². The number of pyridine rings is 1. The number of benzene rings is 2. The fourth-order valence-corrected chi connectivity index (χ4v) is 2.91. The van der Waals surface area contributed by atoms with Crippen LogP contribution in [0.5, 0.6) is 0 Å². The van der Waals surface area contributed by atoms with Gasteiger partial charge in [0.1, 0.15) is 23.8 Å². The van der Waals surface area contributed by atoms with E-state index < -0.39 is 11.7 Å². The average molecular weight is 395 g/mol. The molecule has 2 aromatic carbocycles. The second-order valence-corrected chi connectivity index (χ2v) is 6.35. The predicted octanol–water partition coefficient (Wildman–Crippen LogP) is 5.40. The number of hydrogen-bond acceptors (Lipinski definition) is 5. The number of fused-ring (bicyclic) bond motifs is 1. The van der Waals surface area contributed by atoms with Gasteiger partial charge in [-0.25, -0.2) is 15.0 Å². The summed E-state index contributed by atoms with van der Waals surface area (Å²) < 4.78 is 38.5. The summed E-state index contributed by atoms with van der Waals surface area (Å²) in [5, 5.41) is 8.18. The van der Waals surface area contributed by atoms with Gasteiger partial charge in [0.2, 0.25) is 0 Å². The number of hydrogen-bond donors (Lipinski definition) is 2. The van der Waals surface area contributed by atoms with E-state index in [0.29, 0.717) is 23.0 Å². The average Bonchev–Trinajstić information content (AvgIpc) is 2.72. The summed E-state index contributed by atoms with van der Waals surface area (Å²) in [6.45, 7) is 0.201. The standard InChI is InChI=1S/C21H16F3N5/c22-21(23,24)16-6-3-4-14(10-16)12-26-18-11-19(28-13-27-18)29-20-17-7-2-1-5-15(17)8-9-25-20/h1-11,13H,12H2,(H2,25,26,27,28,29). The van der Waals surface area contributed by atoms with Gasteiger partial charge in [0.25, 0.3) is 0 Å². The first kappa shape index (κ1) is 18.7. The van der Waals surface area contributed by atoms with Gasteiger partial charge in [0.15, 0.2) is 0 Å². The van der Waals surface area contributed by atoms with Crippen molar-refractivity contribution in [3.8, 4) is 0 Å². The fraction of sp³-hybridized carbons (Fsp3) is 0.0952. The van der Waals surface area contributed by atoms with Crippen molar-refractivity contribution in [2.45, 2.75) is 12.7 Å². The summed E-state index contributed by atoms with van der Waals surface area (Å²) in [5.74, 6) is 1.67. The van der Waals surface area contributed by atoms with Crippen LogP contribution in [0.2, 0.25) is 0 Å². The van der Waals surface area contributed by atoms with Gasteiger partial charge >= 0.3 is 6.18 Å². The van der Waals surface area contributed by atoms with Crippen molar-refractivity contribution in [1.82, 2.24) is 15.0 Å². The van der Waals surface area contributed by atoms with Gasteiger partial charge < -0.3 is 10.6 Å². The Morgan fingerprint density at radius 2 is 1.66 bits per heavy atom. The molecule has 4 rings (SSSR count). The molecule has 0 saturated carbocycles. The zero-order chi connectivity index (χ0) is 20.3. The van der Waals surface area contributed by atoms with E-state index >= 15 is 0 Å². The molecule has 0 aliphatic heterocycles. The first-order chi connectivity index (χ1) is 14.0. The molecule has 0 aliphatic rings. The highest BCUT2D eigenvalue weighted by Gasteiger charge is 2.30. The summed E-state index contributed by atoms with van der Waals surface area (Å²) in [7, 11) is 0. The van der Waals surface area contributed by atoms with E-state index in [0.717, 1.165) is 22.9 Å². The Kier molecular flexibility index (Phi) is 4.99. The number of nitrogens with zero attached hydrogens (tertiary/aromatic N) is 3. The lowest BCUT2D eigenvalue weighted by atomic mass is 10.1. The molecule has 0 saturated heterocycles. The van der Waals surface area contributed by atoms with Gasteiger partial charge in [-0.15, -0.1) is 0 Å². The van der Waals surface area contributed by atoms with Gasteiger partial charge in [-0.2, -0.15) is 13.2 Å². The van der Waals surface area contributed by atoms with Crippen LogP contribution < -0.4 is 10.6 Å². The van der Waals surface area contributed by atoms with Gasteiger partial charge in [-0.1, -0.05) is 36.4 Å². The number of aromatic nitrogens is 3. The van der Waals surface area contributed by atoms with Crippen molar-refractivity contribution in [3.05, 3.63) is 84.3 Å². The van der Waals surface area contributed by atoms with E-state index in [1.807, 2.05) is 30.3 Å². The minimum absolute atomic E-state index is 0.201. The molecule has 0 bridgehead atoms. The molecule has 146 valence electrons. The minimum atomic E-state index is -4.37. The molecule has 2 N–H and O–H groups in total. The molecule has 0 fully saturated rings. The zero-order valence-electron chi connectivity index (χ0n) is 15.1. The molecule has 4 aromatic rings. The van der Waals surface area contributed by atoms with Crippen molar-refractivity contribution in [1.29, 1.82) is 0 Å². The van der Waals surface area contributed by atoms with Gasteiger partial charge in [-0.05, 0) is 29.1 Å². The van der Waals surface area contributed by atoms with Crippen molar-refractivity contribution in [2.24, 2.45) is 0 Å². The molecule has 0 unspecified atom stereocenters. The Morgan fingerprint density at radius 3 is 2.52 bits per heavy atom. The molecule has 8 heteroatoms. The van der Waals surface area contributed by atoms with Crippen LogP contribution in [-0.4, -0.2) is 15.0 Å². The number of nitrogens with one attached hydrogen (secondary N) is 2. The summed E-state index contributed by atoms with van der Waals surface area (Å²) in [6.07, 6.45) is -1.28. The fourth-order valence-electron chi connectivity index (χ4n) is 2.91. The highest BCUT2D eigenvalue weighted by molar-refractivity contribution is 5.92. The Balaban J connectivity index is 1.49. The van der Waals surface area contributed by atoms with Crippen molar-refractivity contribution >= 4 is 28.2 Å². The number of rotatable bonds is 5. The summed E-state index contributed by atoms with van der Waals surface area (Å²) in [4.78, 5) is 12.7. The predicted molar refractivity (Wildman–Crippen MR) is 106 cm³/mol. The molecule has 0 atom stereocenters. The monoisotopic (exact) mass is 395 g/mol. The first-order valence-electron chi connectivity index (χ1n) is 8.82. The van der Waals surface area contributed by atoms with Crippen LogP contribution in [0.25, 0.3) is 10.8 Å². The van der Waals surface area contributed by atoms with Crippen LogP contribution >= 0.6 is 0 Å². The largest absolute Gasteiger partial charge is 0.416 e. The molecule has 0 amide bonds. The third-order valence-electron chi connectivity index (χ3n) is 4.32. The lowest BCUT2D eigenvalue weighted by Gasteiger charge is -2.11. The third kappa shape index (κ3) is 4.43. The van der Waals surface area contributed by atoms with E-state index in [1.165, 1.54) is 12.4 Å². The first-order valence-corrected chi connectivity index (χ1v) is 8.82. The molecule has 5 nitrogen and oxygen atoms in total. The van der Waals surface area contributed by atoms with Crippen molar-refractivity contribution < 1.29 is 13.2 Å². The van der Waals surface area contributed by atoms with Gasteiger partial charge in [-0.3, -0.25) is 0 Å². The molecule has 0 radical (unpaired) electrons. The number of halogens is 3. The minimum Gasteiger partial charge on any atom is -0.366 e. The molecule has 2 heterocycles. The third-order valence-corrected chi connectivity index (χ3v) is 4.32. The Morgan fingerprint density at radius 1 is 0.828 bits per heavy atom. The molecule has 0 spiro atoms. The van der Waals surface area contributed by atoms with Crippen LogP contribution in [0.4, 0.5) is 30.6 Å². The zero-order valence-corrected chi connectivity index (χ0v) is 15.1. The topological polar surface area (TPSA) is 62.7 Å². The number of alkyl halides is 3. The second kappa shape index (κ2) is 7.75. The van der Waals surface area contributed by atoms with Crippen molar-refractivity contribution in [2.75, 3.05) is 10.6 Å². The van der Waals surface area contributed by atoms with E-state index in [4.69, 9.17) is 0 Å². The molecular formula is C21H16F3N5. The highest BCUT2D eigenvalue weighted by atomic mass is 19.4. The smallest absolute Gasteiger partial charge is 0.366 e. The normalized spacial score (nSPS) is 11.4. The molecule has 29 heavy (non-hydrogen) atoms. The molecule has 2 aromatic heterocycles. The van der Waals surface area contributed by atoms with Crippen LogP contribution in [0, 0.1) is 0 Å². The Bertz CT molecular complexity index is 1140. The van der Waals surface area contributed by atoms with Crippen LogP contribution in [0.1, 0.15) is 11.1 Å². The Hall–Kier alpha value is -3.68. The van der Waals surface area contributed by atoms with Crippen LogP contribution in [0.3, 0.4) is 0 Å². The maximum Gasteiger partial charge on any atom is 0.416 e. The lowest BCUT2D eigenvalue weighted by molar-refractivity contribution is -0.137. The van der Waals surface area contributed by atoms with Gasteiger partial charge in [0.05, 0.1) is 5.56 Å². The second-order valence-electron chi connectivity index (χ2n) is 6.35. The van der Waals surface area contributed by atoms with E-state index in [9.17, 15) is 13.2 Å².